The predicted molar refractivity (Wildman–Crippen MR) is 64.6 cm³/mol. The van der Waals surface area contributed by atoms with Gasteiger partial charge in [-0.05, 0) is 25.0 Å². The van der Waals surface area contributed by atoms with E-state index >= 15 is 0 Å². The number of benzene rings is 1. The van der Waals surface area contributed by atoms with E-state index in [1.807, 2.05) is 0 Å². The molecular weight excluding hydrogens is 259 g/mol. The summed E-state index contributed by atoms with van der Waals surface area (Å²) in [5.74, 6) is -0.481. The van der Waals surface area contributed by atoms with Crippen LogP contribution >= 0.6 is 0 Å². The van der Waals surface area contributed by atoms with Crippen LogP contribution < -0.4 is 5.69 Å². The van der Waals surface area contributed by atoms with Crippen LogP contribution in [0.5, 0.6) is 0 Å². The molecule has 3 rings (SSSR count). The maximum atomic E-state index is 13.5. The smallest absolute Gasteiger partial charge is 0.303 e. The first-order chi connectivity index (χ1) is 8.50. The summed E-state index contributed by atoms with van der Waals surface area (Å²) in [6.07, 6.45) is 0.924. The van der Waals surface area contributed by atoms with Crippen LogP contribution in [0.2, 0.25) is 0 Å². The number of nitrogens with zero attached hydrogens (tertiary/aromatic N) is 1. The quantitative estimate of drug-likeness (QED) is 0.845. The number of hydrogen-bond acceptors (Lipinski definition) is 3. The fourth-order valence-electron chi connectivity index (χ4n) is 2.46. The summed E-state index contributed by atoms with van der Waals surface area (Å²) in [5.41, 5.74) is -0.217. The lowest BCUT2D eigenvalue weighted by atomic mass is 10.3. The van der Waals surface area contributed by atoms with Gasteiger partial charge in [-0.15, -0.1) is 0 Å². The number of nitrogens with one attached hydrogen (secondary N) is 1. The highest BCUT2D eigenvalue weighted by Gasteiger charge is 2.35. The Morgan fingerprint density at radius 3 is 2.83 bits per heavy atom. The molecule has 0 spiro atoms. The van der Waals surface area contributed by atoms with Gasteiger partial charge in [0.05, 0.1) is 11.3 Å². The Balaban J connectivity index is 2.34. The van der Waals surface area contributed by atoms with E-state index in [-0.39, 0.29) is 11.3 Å². The first-order valence-electron chi connectivity index (χ1n) is 5.61. The average Bonchev–Trinajstić information content (AvgIpc) is 2.79. The van der Waals surface area contributed by atoms with Crippen LogP contribution in [0.15, 0.2) is 23.0 Å². The molecule has 1 atom stereocenters. The molecule has 1 fully saturated rings. The van der Waals surface area contributed by atoms with Crippen molar-refractivity contribution in [2.45, 2.75) is 18.2 Å². The third-order valence-electron chi connectivity index (χ3n) is 3.28. The number of imidazole rings is 1. The van der Waals surface area contributed by atoms with Crippen molar-refractivity contribution in [1.29, 1.82) is 0 Å². The van der Waals surface area contributed by atoms with E-state index in [1.165, 1.54) is 12.1 Å². The van der Waals surface area contributed by atoms with Gasteiger partial charge >= 0.3 is 5.69 Å². The van der Waals surface area contributed by atoms with Gasteiger partial charge in [-0.25, -0.2) is 17.6 Å². The maximum Gasteiger partial charge on any atom is 0.327 e. The minimum Gasteiger partial charge on any atom is -0.303 e. The van der Waals surface area contributed by atoms with Crippen molar-refractivity contribution in [3.8, 4) is 0 Å². The maximum absolute atomic E-state index is 13.5. The van der Waals surface area contributed by atoms with Gasteiger partial charge in [0, 0.05) is 0 Å². The highest BCUT2D eigenvalue weighted by molar-refractivity contribution is 7.91. The largest absolute Gasteiger partial charge is 0.327 e. The van der Waals surface area contributed by atoms with Crippen LogP contribution in [0, 0.1) is 5.82 Å². The Kier molecular flexibility index (Phi) is 2.34. The molecule has 96 valence electrons. The molecule has 0 amide bonds. The summed E-state index contributed by atoms with van der Waals surface area (Å²) < 4.78 is 38.4. The number of fused-ring (bicyclic) bond motifs is 1. The number of halogens is 1. The molecule has 1 aliphatic rings. The van der Waals surface area contributed by atoms with Gasteiger partial charge in [0.15, 0.2) is 9.84 Å². The van der Waals surface area contributed by atoms with Gasteiger partial charge < -0.3 is 4.98 Å². The minimum atomic E-state index is -3.32. The molecule has 0 bridgehead atoms. The summed E-state index contributed by atoms with van der Waals surface area (Å²) in [4.78, 5) is 14.2. The van der Waals surface area contributed by atoms with Crippen molar-refractivity contribution in [3.63, 3.8) is 0 Å². The molecule has 1 aromatic carbocycles. The second-order valence-electron chi connectivity index (χ2n) is 4.40. The fourth-order valence-corrected chi connectivity index (χ4v) is 4.36. The highest BCUT2D eigenvalue weighted by atomic mass is 32.2. The van der Waals surface area contributed by atoms with Crippen molar-refractivity contribution in [2.24, 2.45) is 0 Å². The molecule has 1 saturated heterocycles. The molecule has 0 saturated carbocycles. The number of para-hydroxylation sites is 1. The summed E-state index contributed by atoms with van der Waals surface area (Å²) in [6.45, 7) is 0. The van der Waals surface area contributed by atoms with Gasteiger partial charge in [0.25, 0.3) is 0 Å². The van der Waals surface area contributed by atoms with E-state index in [2.05, 4.69) is 4.98 Å². The minimum absolute atomic E-state index is 0.0598. The fraction of sp³-hybridized carbons (Fsp3) is 0.364. The first kappa shape index (κ1) is 11.5. The third-order valence-corrected chi connectivity index (χ3v) is 5.42. The van der Waals surface area contributed by atoms with E-state index in [1.54, 1.807) is 6.07 Å². The lowest BCUT2D eigenvalue weighted by Crippen LogP contribution is -2.25. The summed E-state index contributed by atoms with van der Waals surface area (Å²) in [7, 11) is -3.32. The molecule has 7 heteroatoms. The van der Waals surface area contributed by atoms with E-state index in [4.69, 9.17) is 0 Å². The van der Waals surface area contributed by atoms with Crippen LogP contribution in [-0.2, 0) is 9.84 Å². The van der Waals surface area contributed by atoms with Gasteiger partial charge in [0.1, 0.15) is 16.7 Å². The molecule has 18 heavy (non-hydrogen) atoms. The lowest BCUT2D eigenvalue weighted by Gasteiger charge is -2.11. The molecular formula is C11H11FN2O3S. The second-order valence-corrected chi connectivity index (χ2v) is 6.68. The Morgan fingerprint density at radius 1 is 1.39 bits per heavy atom. The van der Waals surface area contributed by atoms with E-state index in [0.29, 0.717) is 18.4 Å². The monoisotopic (exact) mass is 270 g/mol. The zero-order valence-electron chi connectivity index (χ0n) is 9.39. The van der Waals surface area contributed by atoms with Crippen LogP contribution in [0.3, 0.4) is 0 Å². The average molecular weight is 270 g/mol. The van der Waals surface area contributed by atoms with Crippen molar-refractivity contribution >= 4 is 20.9 Å². The zero-order chi connectivity index (χ0) is 12.9. The van der Waals surface area contributed by atoms with Crippen LogP contribution in [0.4, 0.5) is 4.39 Å². The Morgan fingerprint density at radius 2 is 2.17 bits per heavy atom. The molecule has 1 aromatic heterocycles. The summed E-state index contributed by atoms with van der Waals surface area (Å²) >= 11 is 0. The molecule has 1 aliphatic heterocycles. The van der Waals surface area contributed by atoms with Gasteiger partial charge in [0.2, 0.25) is 0 Å². The van der Waals surface area contributed by atoms with E-state index in [9.17, 15) is 17.6 Å². The second kappa shape index (κ2) is 3.68. The number of aromatic amines is 1. The third kappa shape index (κ3) is 1.50. The normalized spacial score (nSPS) is 22.6. The molecule has 1 N–H and O–H groups in total. The topological polar surface area (TPSA) is 71.9 Å². The van der Waals surface area contributed by atoms with Crippen molar-refractivity contribution in [1.82, 2.24) is 9.55 Å². The van der Waals surface area contributed by atoms with Gasteiger partial charge in [-0.2, -0.15) is 0 Å². The number of hydrogen-bond donors (Lipinski definition) is 1. The van der Waals surface area contributed by atoms with Crippen LogP contribution in [-0.4, -0.2) is 23.7 Å². The van der Waals surface area contributed by atoms with Crippen molar-refractivity contribution in [2.75, 3.05) is 5.75 Å². The molecule has 2 heterocycles. The Hall–Kier alpha value is -1.63. The number of H-pyrrole nitrogens is 1. The van der Waals surface area contributed by atoms with Crippen LogP contribution in [0.1, 0.15) is 18.2 Å². The molecule has 2 aromatic rings. The van der Waals surface area contributed by atoms with Crippen molar-refractivity contribution in [3.05, 3.63) is 34.5 Å². The van der Waals surface area contributed by atoms with Gasteiger partial charge in [-0.3, -0.25) is 4.57 Å². The Bertz CT molecular complexity index is 775. The van der Waals surface area contributed by atoms with Gasteiger partial charge in [-0.1, -0.05) is 6.07 Å². The first-order valence-corrected chi connectivity index (χ1v) is 7.32. The predicted octanol–water partition coefficient (Wildman–Crippen LogP) is 1.18. The Labute approximate surface area is 102 Å². The number of aromatic nitrogens is 2. The summed E-state index contributed by atoms with van der Waals surface area (Å²) in [5, 5.41) is -0.874. The number of rotatable bonds is 1. The standard InChI is InChI=1S/C11H11FN2O3S/c12-7-3-1-4-8-10(7)13-11(15)14(8)9-5-2-6-18(9,16)17/h1,3-4,9H,2,5-6H2,(H,13,15). The molecule has 0 aliphatic carbocycles. The van der Waals surface area contributed by atoms with Crippen molar-refractivity contribution < 1.29 is 12.8 Å². The van der Waals surface area contributed by atoms with E-state index < -0.39 is 26.7 Å². The molecule has 5 nitrogen and oxygen atoms in total. The van der Waals surface area contributed by atoms with Crippen LogP contribution in [0.25, 0.3) is 11.0 Å². The number of sulfone groups is 1. The molecule has 1 unspecified atom stereocenters. The molecule has 0 radical (unpaired) electrons. The highest BCUT2D eigenvalue weighted by Crippen LogP contribution is 2.31. The SMILES string of the molecule is O=c1[nH]c2c(F)cccc2n1C1CCCS1(=O)=O. The lowest BCUT2D eigenvalue weighted by molar-refractivity contribution is 0.556. The zero-order valence-corrected chi connectivity index (χ0v) is 10.2. The summed E-state index contributed by atoms with van der Waals surface area (Å²) in [6, 6.07) is 4.24. The van der Waals surface area contributed by atoms with E-state index in [0.717, 1.165) is 4.57 Å².